The molecule has 14 nitrogen and oxygen atoms in total. The minimum Gasteiger partial charge on any atom is -0.432 e. The number of carbonyl (C=O) groups excluding carboxylic acids is 1. The molecule has 1 aromatic carbocycles. The molecule has 0 radical (unpaired) electrons. The zero-order valence-corrected chi connectivity index (χ0v) is 23.2. The fourth-order valence-electron chi connectivity index (χ4n) is 5.88. The molecule has 230 valence electrons. The first-order chi connectivity index (χ1) is 20.7. The van der Waals surface area contributed by atoms with Gasteiger partial charge in [0, 0.05) is 16.5 Å². The lowest BCUT2D eigenvalue weighted by Gasteiger charge is -2.40. The monoisotopic (exact) mass is 600 g/mol. The topological polar surface area (TPSA) is 199 Å². The largest absolute Gasteiger partial charge is 0.509 e. The molecule has 0 amide bonds. The van der Waals surface area contributed by atoms with Gasteiger partial charge in [0.15, 0.2) is 18.2 Å². The van der Waals surface area contributed by atoms with Crippen LogP contribution in [0.3, 0.4) is 0 Å². The highest BCUT2D eigenvalue weighted by molar-refractivity contribution is 5.84. The third-order valence-corrected chi connectivity index (χ3v) is 8.24. The average molecular weight is 601 g/mol. The highest BCUT2D eigenvalue weighted by Crippen LogP contribution is 2.42. The molecule has 1 saturated heterocycles. The Balaban J connectivity index is 1.20. The Morgan fingerprint density at radius 3 is 2.67 bits per heavy atom. The van der Waals surface area contributed by atoms with Gasteiger partial charge in [-0.1, -0.05) is 25.1 Å². The number of carbonyl (C=O) groups is 1. The molecular weight excluding hydrogens is 568 g/mol. The fraction of sp³-hybridized carbons (Fsp3) is 0.483. The van der Waals surface area contributed by atoms with Crippen LogP contribution in [-0.4, -0.2) is 98.1 Å². The van der Waals surface area contributed by atoms with Gasteiger partial charge in [0.05, 0.1) is 48.8 Å². The Bertz CT molecular complexity index is 1590. The normalized spacial score (nSPS) is 29.5. The molecule has 3 aliphatic rings. The van der Waals surface area contributed by atoms with E-state index in [1.54, 1.807) is 17.6 Å². The first-order valence-corrected chi connectivity index (χ1v) is 13.9. The van der Waals surface area contributed by atoms with Gasteiger partial charge in [-0.2, -0.15) is 0 Å². The number of aromatic nitrogens is 2. The Labute approximate surface area is 244 Å². The van der Waals surface area contributed by atoms with Gasteiger partial charge in [0.25, 0.3) is 5.56 Å². The van der Waals surface area contributed by atoms with Gasteiger partial charge in [-0.25, -0.2) is 9.78 Å². The van der Waals surface area contributed by atoms with E-state index in [2.05, 4.69) is 0 Å². The van der Waals surface area contributed by atoms with Crippen molar-refractivity contribution in [1.29, 1.82) is 0 Å². The van der Waals surface area contributed by atoms with E-state index in [9.17, 15) is 35.1 Å². The Hall–Kier alpha value is -3.47. The minimum absolute atomic E-state index is 0.0402. The number of aliphatic hydroxyl groups excluding tert-OH is 5. The van der Waals surface area contributed by atoms with Crippen LogP contribution in [0.2, 0.25) is 0 Å². The lowest BCUT2D eigenvalue weighted by molar-refractivity contribution is -0.302. The van der Waals surface area contributed by atoms with Crippen LogP contribution < -0.4 is 5.56 Å². The van der Waals surface area contributed by atoms with Gasteiger partial charge in [0.1, 0.15) is 31.0 Å². The van der Waals surface area contributed by atoms with E-state index in [0.717, 1.165) is 16.5 Å². The summed E-state index contributed by atoms with van der Waals surface area (Å²) in [6.07, 6.45) is -10.1. The van der Waals surface area contributed by atoms with E-state index >= 15 is 0 Å². The summed E-state index contributed by atoms with van der Waals surface area (Å²) in [5, 5.41) is 51.1. The fourth-order valence-corrected chi connectivity index (χ4v) is 5.88. The van der Waals surface area contributed by atoms with Crippen LogP contribution in [0.15, 0.2) is 41.2 Å². The first-order valence-electron chi connectivity index (χ1n) is 13.9. The number of aliphatic hydroxyl groups is 5. The standard InChI is InChI=1S/C29H32N2O12/c1-2-29(43-28(38)40-8-7-39-26-24(35)23(34)22(33)20(12-32)42-26)17-10-19-21-15(9-14-5-3-4-6-18(14)30-21)11-31(19)25(36)16(17)13-41-27(29)37/h3-6,9-10,20,22-24,26-27,32-35,37H,2,7-8,11-13H2,1H3. The SMILES string of the molecule is CCC1(OC(=O)OCCOC2OC(CO)C(O)C(O)C2O)c2cc3n(c(=O)c2COC1O)Cc1cc2ccccc2nc1-3. The smallest absolute Gasteiger partial charge is 0.432 e. The van der Waals surface area contributed by atoms with E-state index in [-0.39, 0.29) is 37.4 Å². The molecule has 1 fully saturated rings. The van der Waals surface area contributed by atoms with Gasteiger partial charge < -0.3 is 53.8 Å². The molecule has 5 N–H and O–H groups in total. The molecule has 5 heterocycles. The summed E-state index contributed by atoms with van der Waals surface area (Å²) in [4.78, 5) is 31.3. The zero-order chi connectivity index (χ0) is 30.5. The van der Waals surface area contributed by atoms with Crippen LogP contribution in [-0.2, 0) is 42.4 Å². The van der Waals surface area contributed by atoms with Crippen molar-refractivity contribution in [1.82, 2.24) is 9.55 Å². The molecular formula is C29H32N2O12. The second kappa shape index (κ2) is 11.6. The van der Waals surface area contributed by atoms with Crippen LogP contribution in [0, 0.1) is 0 Å². The highest BCUT2D eigenvalue weighted by Gasteiger charge is 2.50. The van der Waals surface area contributed by atoms with Crippen molar-refractivity contribution in [2.24, 2.45) is 0 Å². The van der Waals surface area contributed by atoms with Crippen molar-refractivity contribution < 1.29 is 54.0 Å². The van der Waals surface area contributed by atoms with Crippen molar-refractivity contribution in [3.05, 3.63) is 63.4 Å². The molecule has 0 saturated carbocycles. The van der Waals surface area contributed by atoms with Crippen molar-refractivity contribution >= 4 is 17.1 Å². The van der Waals surface area contributed by atoms with E-state index in [4.69, 9.17) is 28.7 Å². The van der Waals surface area contributed by atoms with Crippen LogP contribution >= 0.6 is 0 Å². The third kappa shape index (κ3) is 4.99. The number of pyridine rings is 2. The molecule has 2 aromatic heterocycles. The van der Waals surface area contributed by atoms with Crippen LogP contribution in [0.1, 0.15) is 30.0 Å². The summed E-state index contributed by atoms with van der Waals surface area (Å²) in [6, 6.07) is 11.3. The minimum atomic E-state index is -1.77. The number of benzene rings is 1. The van der Waals surface area contributed by atoms with E-state index in [1.165, 1.54) is 0 Å². The predicted molar refractivity (Wildman–Crippen MR) is 145 cm³/mol. The maximum absolute atomic E-state index is 13.6. The average Bonchev–Trinajstić information content (AvgIpc) is 3.37. The molecule has 7 unspecified atom stereocenters. The third-order valence-electron chi connectivity index (χ3n) is 8.24. The van der Waals surface area contributed by atoms with Gasteiger partial charge in [-0.15, -0.1) is 0 Å². The van der Waals surface area contributed by atoms with Crippen LogP contribution in [0.5, 0.6) is 0 Å². The lowest BCUT2D eigenvalue weighted by Crippen LogP contribution is -2.59. The van der Waals surface area contributed by atoms with Gasteiger partial charge >= 0.3 is 6.16 Å². The van der Waals surface area contributed by atoms with E-state index in [0.29, 0.717) is 23.5 Å². The lowest BCUT2D eigenvalue weighted by atomic mass is 9.85. The van der Waals surface area contributed by atoms with Crippen molar-refractivity contribution in [2.75, 3.05) is 19.8 Å². The van der Waals surface area contributed by atoms with Gasteiger partial charge in [-0.3, -0.25) is 4.79 Å². The number of rotatable bonds is 7. The summed E-state index contributed by atoms with van der Waals surface area (Å²) in [5.41, 5.74) is 1.20. The highest BCUT2D eigenvalue weighted by atomic mass is 16.8. The van der Waals surface area contributed by atoms with Crippen LogP contribution in [0.4, 0.5) is 4.79 Å². The first kappa shape index (κ1) is 29.6. The quantitative estimate of drug-likeness (QED) is 0.139. The van der Waals surface area contributed by atoms with Gasteiger partial charge in [-0.05, 0) is 24.6 Å². The molecule has 7 atom stereocenters. The van der Waals surface area contributed by atoms with Crippen molar-refractivity contribution in [3.63, 3.8) is 0 Å². The molecule has 0 spiro atoms. The molecule has 43 heavy (non-hydrogen) atoms. The molecule has 0 aliphatic carbocycles. The summed E-state index contributed by atoms with van der Waals surface area (Å²) < 4.78 is 28.5. The van der Waals surface area contributed by atoms with Crippen molar-refractivity contribution in [2.45, 2.75) is 69.1 Å². The Morgan fingerprint density at radius 2 is 1.91 bits per heavy atom. The number of fused-ring (bicyclic) bond motifs is 5. The molecule has 0 bridgehead atoms. The Kier molecular flexibility index (Phi) is 7.95. The predicted octanol–water partition coefficient (Wildman–Crippen LogP) is -0.151. The number of ether oxygens (including phenoxy) is 5. The van der Waals surface area contributed by atoms with E-state index < -0.39 is 55.4 Å². The van der Waals surface area contributed by atoms with Crippen LogP contribution in [0.25, 0.3) is 22.3 Å². The molecule has 6 rings (SSSR count). The van der Waals surface area contributed by atoms with E-state index in [1.807, 2.05) is 30.3 Å². The molecule has 3 aromatic rings. The number of nitrogens with zero attached hydrogens (tertiary/aromatic N) is 2. The number of hydrogen-bond acceptors (Lipinski definition) is 13. The summed E-state index contributed by atoms with van der Waals surface area (Å²) in [5.74, 6) is 0. The molecule has 3 aliphatic heterocycles. The molecule has 14 heteroatoms. The van der Waals surface area contributed by atoms with Gasteiger partial charge in [0.2, 0.25) is 0 Å². The summed E-state index contributed by atoms with van der Waals surface area (Å²) in [7, 11) is 0. The zero-order valence-electron chi connectivity index (χ0n) is 23.2. The summed E-state index contributed by atoms with van der Waals surface area (Å²) in [6.45, 7) is 0.486. The summed E-state index contributed by atoms with van der Waals surface area (Å²) >= 11 is 0. The number of para-hydroxylation sites is 1. The second-order valence-corrected chi connectivity index (χ2v) is 10.7. The Morgan fingerprint density at radius 1 is 1.12 bits per heavy atom. The maximum atomic E-state index is 13.6. The maximum Gasteiger partial charge on any atom is 0.509 e. The van der Waals surface area contributed by atoms with Crippen molar-refractivity contribution in [3.8, 4) is 11.4 Å². The number of hydrogen-bond donors (Lipinski definition) is 5. The second-order valence-electron chi connectivity index (χ2n) is 10.7.